The van der Waals surface area contributed by atoms with Gasteiger partial charge >= 0.3 is 0 Å². The Bertz CT molecular complexity index is 918. The zero-order valence-electron chi connectivity index (χ0n) is 20.7. The Labute approximate surface area is 187 Å². The normalized spacial score (nSPS) is 14.3. The Balaban J connectivity index is 2.27. The van der Waals surface area contributed by atoms with Gasteiger partial charge in [-0.3, -0.25) is 0 Å². The topological polar surface area (TPSA) is 0 Å². The van der Waals surface area contributed by atoms with Crippen LogP contribution in [0.1, 0.15) is 50.3 Å². The molecule has 0 spiro atoms. The van der Waals surface area contributed by atoms with Gasteiger partial charge in [0.15, 0.2) is 0 Å². The van der Waals surface area contributed by atoms with Crippen molar-refractivity contribution >= 4 is 32.6 Å². The van der Waals surface area contributed by atoms with E-state index in [2.05, 4.69) is 103 Å². The Morgan fingerprint density at radius 3 is 1.93 bits per heavy atom. The second-order valence-electron chi connectivity index (χ2n) is 11.6. The molecule has 0 fully saturated rings. The van der Waals surface area contributed by atoms with Crippen LogP contribution in [-0.2, 0) is 6.42 Å². The van der Waals surface area contributed by atoms with Crippen molar-refractivity contribution < 1.29 is 0 Å². The second kappa shape index (κ2) is 8.63. The second-order valence-corrected chi connectivity index (χ2v) is 21.8. The Kier molecular flexibility index (Phi) is 6.69. The summed E-state index contributed by atoms with van der Waals surface area (Å²) >= 11 is 0. The molecule has 1 aliphatic carbocycles. The van der Waals surface area contributed by atoms with Crippen LogP contribution in [0.3, 0.4) is 0 Å². The minimum absolute atomic E-state index is 0.689. The van der Waals surface area contributed by atoms with Crippen LogP contribution in [0.25, 0.3) is 17.2 Å². The van der Waals surface area contributed by atoms with Crippen molar-refractivity contribution in [1.82, 2.24) is 0 Å². The maximum Gasteiger partial charge on any atom is 0.0776 e. The summed E-state index contributed by atoms with van der Waals surface area (Å²) in [4.78, 5) is 0. The number of allylic oxidation sites excluding steroid dienone is 1. The van der Waals surface area contributed by atoms with E-state index in [1.807, 2.05) is 0 Å². The highest BCUT2D eigenvalue weighted by molar-refractivity contribution is 6.91. The highest BCUT2D eigenvalue weighted by Crippen LogP contribution is 2.39. The van der Waals surface area contributed by atoms with Crippen LogP contribution in [0.2, 0.25) is 39.3 Å². The molecule has 0 aromatic heterocycles. The Morgan fingerprint density at radius 2 is 1.43 bits per heavy atom. The van der Waals surface area contributed by atoms with Crippen molar-refractivity contribution in [1.29, 1.82) is 0 Å². The van der Waals surface area contributed by atoms with Gasteiger partial charge in [0.25, 0.3) is 0 Å². The van der Waals surface area contributed by atoms with Crippen LogP contribution >= 0.6 is 0 Å². The van der Waals surface area contributed by atoms with E-state index in [1.165, 1.54) is 39.8 Å². The summed E-state index contributed by atoms with van der Waals surface area (Å²) in [5.74, 6) is 0.689. The van der Waals surface area contributed by atoms with Gasteiger partial charge in [0, 0.05) is 6.42 Å². The first kappa shape index (κ1) is 23.3. The molecule has 0 heterocycles. The van der Waals surface area contributed by atoms with Crippen molar-refractivity contribution in [2.45, 2.75) is 79.3 Å². The summed E-state index contributed by atoms with van der Waals surface area (Å²) in [7, 11) is -2.81. The lowest BCUT2D eigenvalue weighted by molar-refractivity contribution is 0.649. The lowest BCUT2D eigenvalue weighted by Gasteiger charge is -2.25. The summed E-state index contributed by atoms with van der Waals surface area (Å²) in [6.07, 6.45) is 8.41. The Hall–Kier alpha value is -1.39. The molecule has 161 valence electrons. The first-order chi connectivity index (χ1) is 13.9. The molecular formula is C28H41Si2. The summed E-state index contributed by atoms with van der Waals surface area (Å²) in [5.41, 5.74) is 8.84. The number of aryl methyl sites for hydroxylation is 1. The summed E-state index contributed by atoms with van der Waals surface area (Å²) in [5, 5.41) is 3.21. The molecule has 0 bridgehead atoms. The molecule has 0 saturated heterocycles. The number of rotatable bonds is 7. The first-order valence-electron chi connectivity index (χ1n) is 11.8. The van der Waals surface area contributed by atoms with Gasteiger partial charge in [0.05, 0.1) is 16.1 Å². The average molecular weight is 434 g/mol. The SMILES string of the molecule is CCCc1ccc2c(c1-c1cc([Si](C)(C)C)cc([Si](C)(C)C)c1)C=C(CC(C)C)[CH]2. The quantitative estimate of drug-likeness (QED) is 0.399. The van der Waals surface area contributed by atoms with E-state index in [4.69, 9.17) is 0 Å². The molecule has 2 aromatic rings. The van der Waals surface area contributed by atoms with Gasteiger partial charge in [-0.25, -0.2) is 0 Å². The van der Waals surface area contributed by atoms with E-state index >= 15 is 0 Å². The predicted molar refractivity (Wildman–Crippen MR) is 143 cm³/mol. The highest BCUT2D eigenvalue weighted by atomic mass is 28.3. The predicted octanol–water partition coefficient (Wildman–Crippen LogP) is 7.39. The molecule has 0 nitrogen and oxygen atoms in total. The monoisotopic (exact) mass is 433 g/mol. The average Bonchev–Trinajstić information content (AvgIpc) is 3.01. The standard InChI is InChI=1S/C28H41Si2/c1-10-11-22-12-13-23-15-21(14-20(2)3)16-27(23)28(22)24-17-25(29(4,5)6)19-26(18-24)30(7,8)9/h12-13,15-20H,10-11,14H2,1-9H3. The molecule has 2 heteroatoms. The third kappa shape index (κ3) is 5.08. The van der Waals surface area contributed by atoms with Crippen LogP contribution in [0.4, 0.5) is 0 Å². The van der Waals surface area contributed by atoms with Crippen molar-refractivity contribution in [3.05, 3.63) is 59.0 Å². The van der Waals surface area contributed by atoms with Crippen LogP contribution < -0.4 is 10.4 Å². The number of hydrogen-bond acceptors (Lipinski definition) is 0. The molecule has 0 saturated carbocycles. The maximum atomic E-state index is 2.55. The van der Waals surface area contributed by atoms with Crippen molar-refractivity contribution in [2.24, 2.45) is 5.92 Å². The molecule has 30 heavy (non-hydrogen) atoms. The first-order valence-corrected chi connectivity index (χ1v) is 18.8. The van der Waals surface area contributed by atoms with Gasteiger partial charge in [0.1, 0.15) is 0 Å². The molecule has 0 atom stereocenters. The highest BCUT2D eigenvalue weighted by Gasteiger charge is 2.26. The van der Waals surface area contributed by atoms with E-state index < -0.39 is 16.1 Å². The summed E-state index contributed by atoms with van der Waals surface area (Å²) in [6, 6.07) is 12.4. The van der Waals surface area contributed by atoms with Gasteiger partial charge in [-0.15, -0.1) is 0 Å². The lowest BCUT2D eigenvalue weighted by atomic mass is 9.90. The van der Waals surface area contributed by atoms with Crippen LogP contribution in [-0.4, -0.2) is 16.1 Å². The fourth-order valence-electron chi connectivity index (χ4n) is 4.43. The maximum absolute atomic E-state index is 2.55. The van der Waals surface area contributed by atoms with Crippen molar-refractivity contribution in [3.8, 4) is 11.1 Å². The third-order valence-corrected chi connectivity index (χ3v) is 10.2. The molecule has 0 aliphatic heterocycles. The Morgan fingerprint density at radius 1 is 0.833 bits per heavy atom. The minimum atomic E-state index is -1.41. The van der Waals surface area contributed by atoms with Gasteiger partial charge in [-0.1, -0.05) is 119 Å². The smallest absolute Gasteiger partial charge is 0.0656 e. The van der Waals surface area contributed by atoms with Gasteiger partial charge in [0.2, 0.25) is 0 Å². The summed E-state index contributed by atoms with van der Waals surface area (Å²) in [6.45, 7) is 21.8. The molecular weight excluding hydrogens is 392 g/mol. The van der Waals surface area contributed by atoms with Crippen LogP contribution in [0, 0.1) is 12.3 Å². The van der Waals surface area contributed by atoms with Gasteiger partial charge in [-0.05, 0) is 46.6 Å². The van der Waals surface area contributed by atoms with Crippen LogP contribution in [0.5, 0.6) is 0 Å². The zero-order valence-corrected chi connectivity index (χ0v) is 22.7. The number of fused-ring (bicyclic) bond motifs is 1. The third-order valence-electron chi connectivity index (χ3n) is 6.15. The minimum Gasteiger partial charge on any atom is -0.0656 e. The molecule has 3 rings (SSSR count). The largest absolute Gasteiger partial charge is 0.0776 e. The summed E-state index contributed by atoms with van der Waals surface area (Å²) < 4.78 is 0. The fourth-order valence-corrected chi connectivity index (χ4v) is 6.93. The van der Waals surface area contributed by atoms with Crippen molar-refractivity contribution in [3.63, 3.8) is 0 Å². The molecule has 0 amide bonds. The lowest BCUT2D eigenvalue weighted by Crippen LogP contribution is -2.45. The molecule has 0 N–H and O–H groups in total. The van der Waals surface area contributed by atoms with E-state index in [-0.39, 0.29) is 0 Å². The van der Waals surface area contributed by atoms with Crippen molar-refractivity contribution in [2.75, 3.05) is 0 Å². The van der Waals surface area contributed by atoms with E-state index in [1.54, 1.807) is 10.4 Å². The van der Waals surface area contributed by atoms with Gasteiger partial charge < -0.3 is 0 Å². The van der Waals surface area contributed by atoms with E-state index in [0.717, 1.165) is 12.8 Å². The molecule has 1 radical (unpaired) electrons. The molecule has 2 aromatic carbocycles. The van der Waals surface area contributed by atoms with E-state index in [0.29, 0.717) is 5.92 Å². The number of hydrogen-bond donors (Lipinski definition) is 0. The molecule has 0 unspecified atom stereocenters. The number of benzene rings is 2. The van der Waals surface area contributed by atoms with E-state index in [9.17, 15) is 0 Å². The fraction of sp³-hybridized carbons (Fsp3) is 0.464. The van der Waals surface area contributed by atoms with Gasteiger partial charge in [-0.2, -0.15) is 0 Å². The molecule has 1 aliphatic rings. The van der Waals surface area contributed by atoms with Crippen LogP contribution in [0.15, 0.2) is 35.9 Å². The zero-order chi connectivity index (χ0) is 22.3.